The number of thiophene rings is 1. The van der Waals surface area contributed by atoms with Crippen LogP contribution in [-0.2, 0) is 39.0 Å². The second kappa shape index (κ2) is 9.66. The van der Waals surface area contributed by atoms with Gasteiger partial charge in [-0.1, -0.05) is 36.8 Å². The number of nitrogens with one attached hydrogen (secondary N) is 1. The number of hydrogen-bond donors (Lipinski definition) is 1. The maximum absolute atomic E-state index is 12.6. The molecule has 5 rings (SSSR count). The molecule has 3 aliphatic rings. The van der Waals surface area contributed by atoms with E-state index in [4.69, 9.17) is 4.74 Å². The first kappa shape index (κ1) is 24.4. The number of rotatable bonds is 7. The molecule has 0 bridgehead atoms. The second-order valence-corrected chi connectivity index (χ2v) is 13.7. The Morgan fingerprint density at radius 2 is 2.09 bits per heavy atom. The molecule has 0 amide bonds. The summed E-state index contributed by atoms with van der Waals surface area (Å²) in [6.07, 6.45) is 6.15. The van der Waals surface area contributed by atoms with Gasteiger partial charge in [-0.3, -0.25) is 0 Å². The lowest BCUT2D eigenvalue weighted by Gasteiger charge is -2.49. The molecule has 1 aromatic heterocycles. The molecule has 0 radical (unpaired) electrons. The molecule has 0 unspecified atom stereocenters. The predicted molar refractivity (Wildman–Crippen MR) is 139 cm³/mol. The van der Waals surface area contributed by atoms with Crippen molar-refractivity contribution in [2.45, 2.75) is 82.7 Å². The Hall–Kier alpha value is -1.25. The van der Waals surface area contributed by atoms with Crippen LogP contribution in [0.15, 0.2) is 30.3 Å². The average molecular weight is 503 g/mol. The Kier molecular flexibility index (Phi) is 6.94. The van der Waals surface area contributed by atoms with Crippen molar-refractivity contribution >= 4 is 21.4 Å². The summed E-state index contributed by atoms with van der Waals surface area (Å²) < 4.78 is 34.7. The van der Waals surface area contributed by atoms with Gasteiger partial charge in [-0.25, -0.2) is 13.1 Å². The highest BCUT2D eigenvalue weighted by molar-refractivity contribution is 7.88. The molecule has 34 heavy (non-hydrogen) atoms. The fourth-order valence-electron chi connectivity index (χ4n) is 6.18. The molecule has 1 N–H and O–H groups in total. The molecule has 1 saturated carbocycles. The van der Waals surface area contributed by atoms with E-state index in [-0.39, 0.29) is 17.4 Å². The van der Waals surface area contributed by atoms with Crippen LogP contribution in [0.3, 0.4) is 0 Å². The third-order valence-electron chi connectivity index (χ3n) is 7.97. The van der Waals surface area contributed by atoms with Crippen LogP contribution in [0.4, 0.5) is 0 Å². The van der Waals surface area contributed by atoms with Crippen molar-refractivity contribution < 1.29 is 13.2 Å². The molecule has 2 atom stereocenters. The minimum atomic E-state index is -3.31. The summed E-state index contributed by atoms with van der Waals surface area (Å²) in [5.74, 6) is 0.629. The van der Waals surface area contributed by atoms with Crippen LogP contribution in [0.25, 0.3) is 0 Å². The molecule has 186 valence electrons. The molecule has 3 heterocycles. The van der Waals surface area contributed by atoms with Crippen LogP contribution >= 0.6 is 11.3 Å². The molecule has 7 heteroatoms. The third-order valence-corrected chi connectivity index (χ3v) is 10.7. The van der Waals surface area contributed by atoms with E-state index in [1.54, 1.807) is 4.88 Å². The lowest BCUT2D eigenvalue weighted by atomic mass is 9.77. The number of likely N-dealkylation sites (tertiary alicyclic amines) is 1. The molecular weight excluding hydrogens is 464 g/mol. The summed E-state index contributed by atoms with van der Waals surface area (Å²) in [5.41, 5.74) is 3.32. The van der Waals surface area contributed by atoms with Gasteiger partial charge >= 0.3 is 0 Å². The van der Waals surface area contributed by atoms with E-state index in [2.05, 4.69) is 29.5 Å². The molecule has 2 fully saturated rings. The quantitative estimate of drug-likeness (QED) is 0.593. The first-order valence-corrected chi connectivity index (χ1v) is 15.3. The van der Waals surface area contributed by atoms with E-state index in [0.29, 0.717) is 12.0 Å². The van der Waals surface area contributed by atoms with Gasteiger partial charge in [-0.2, -0.15) is 0 Å². The smallest absolute Gasteiger partial charge is 0.216 e. The Labute approximate surface area is 208 Å². The van der Waals surface area contributed by atoms with Crippen LogP contribution in [-0.4, -0.2) is 45.1 Å². The van der Waals surface area contributed by atoms with Crippen molar-refractivity contribution in [1.29, 1.82) is 0 Å². The van der Waals surface area contributed by atoms with E-state index in [9.17, 15) is 8.42 Å². The molecule has 5 nitrogen and oxygen atoms in total. The van der Waals surface area contributed by atoms with Gasteiger partial charge in [0.15, 0.2) is 0 Å². The van der Waals surface area contributed by atoms with Gasteiger partial charge in [0.2, 0.25) is 10.0 Å². The van der Waals surface area contributed by atoms with Crippen molar-refractivity contribution in [2.24, 2.45) is 5.92 Å². The highest BCUT2D eigenvalue weighted by atomic mass is 32.2. The summed E-state index contributed by atoms with van der Waals surface area (Å²) in [7, 11) is -3.31. The van der Waals surface area contributed by atoms with Gasteiger partial charge in [0.1, 0.15) is 0 Å². The van der Waals surface area contributed by atoms with Crippen molar-refractivity contribution in [3.05, 3.63) is 56.8 Å². The Morgan fingerprint density at radius 1 is 1.26 bits per heavy atom. The van der Waals surface area contributed by atoms with Gasteiger partial charge in [-0.15, -0.1) is 11.3 Å². The van der Waals surface area contributed by atoms with Crippen molar-refractivity contribution in [3.8, 4) is 0 Å². The molecular formula is C27H38N2O3S2. The molecule has 2 aromatic rings. The topological polar surface area (TPSA) is 58.6 Å². The van der Waals surface area contributed by atoms with Gasteiger partial charge in [0.05, 0.1) is 18.0 Å². The second-order valence-electron chi connectivity index (χ2n) is 10.7. The number of sulfonamides is 1. The summed E-state index contributed by atoms with van der Waals surface area (Å²) >= 11 is 1.98. The molecule has 1 spiro atoms. The van der Waals surface area contributed by atoms with Gasteiger partial charge in [0.25, 0.3) is 0 Å². The lowest BCUT2D eigenvalue weighted by Crippen LogP contribution is -2.54. The monoisotopic (exact) mass is 502 g/mol. The van der Waals surface area contributed by atoms with E-state index in [1.165, 1.54) is 10.4 Å². The number of nitrogens with zero attached hydrogens (tertiary/aromatic N) is 1. The zero-order valence-electron chi connectivity index (χ0n) is 20.7. The fourth-order valence-corrected chi connectivity index (χ4v) is 8.76. The van der Waals surface area contributed by atoms with Crippen LogP contribution in [0.2, 0.25) is 0 Å². The number of aryl methyl sites for hydroxylation is 2. The lowest BCUT2D eigenvalue weighted by molar-refractivity contribution is -0.114. The van der Waals surface area contributed by atoms with Gasteiger partial charge in [-0.05, 0) is 69.1 Å². The van der Waals surface area contributed by atoms with Crippen molar-refractivity contribution in [1.82, 2.24) is 9.62 Å². The summed E-state index contributed by atoms with van der Waals surface area (Å²) in [5, 5.41) is 0. The van der Waals surface area contributed by atoms with E-state index < -0.39 is 10.0 Å². The fraction of sp³-hybridized carbons (Fsp3) is 0.630. The number of hydrogen-bond acceptors (Lipinski definition) is 5. The van der Waals surface area contributed by atoms with Gasteiger partial charge < -0.3 is 9.64 Å². The summed E-state index contributed by atoms with van der Waals surface area (Å²) in [6.45, 7) is 9.53. The van der Waals surface area contributed by atoms with Crippen LogP contribution in [0.1, 0.15) is 66.0 Å². The largest absolute Gasteiger partial charge is 0.370 e. The number of benzene rings is 1. The van der Waals surface area contributed by atoms with Crippen molar-refractivity contribution in [2.75, 3.05) is 19.7 Å². The Balaban J connectivity index is 1.12. The van der Waals surface area contributed by atoms with Crippen LogP contribution in [0.5, 0.6) is 0 Å². The van der Waals surface area contributed by atoms with E-state index in [0.717, 1.165) is 69.3 Å². The molecule has 1 saturated heterocycles. The Bertz CT molecular complexity index is 1120. The highest BCUT2D eigenvalue weighted by Crippen LogP contribution is 2.46. The van der Waals surface area contributed by atoms with E-state index in [1.807, 2.05) is 42.5 Å². The minimum absolute atomic E-state index is 0.0609. The molecule has 1 aliphatic carbocycles. The summed E-state index contributed by atoms with van der Waals surface area (Å²) in [6, 6.07) is 10.7. The van der Waals surface area contributed by atoms with Crippen LogP contribution in [0, 0.1) is 12.8 Å². The first-order valence-electron chi connectivity index (χ1n) is 12.8. The molecule has 2 aliphatic heterocycles. The Morgan fingerprint density at radius 3 is 2.82 bits per heavy atom. The molecule has 1 aromatic carbocycles. The number of piperidine rings is 1. The zero-order valence-corrected chi connectivity index (χ0v) is 22.3. The minimum Gasteiger partial charge on any atom is -0.370 e. The normalized spacial score (nSPS) is 29.7. The third kappa shape index (κ3) is 5.14. The zero-order chi connectivity index (χ0) is 23.9. The number of fused-ring (bicyclic) bond motifs is 2. The van der Waals surface area contributed by atoms with Gasteiger partial charge in [0, 0.05) is 41.3 Å². The standard InChI is InChI=1S/C27H38N2O3S2/c1-4-24-15-25-26(33-24)8-11-32-27(25)9-10-29(20(3)16-27)17-22-13-23(14-22)28-34(30,31)18-21-7-5-6-19(2)12-21/h5-7,12,15,20,22-23,28H,4,8-11,13-14,16-18H2,1-3H3/t20-,22-,23+,27+/m0/s1. The SMILES string of the molecule is CCc1cc2c(s1)CCO[C@@]21CCN(C[C@H]2C[C@@H](NS(=O)(=O)Cc3cccc(C)c3)C2)[C@@H](C)C1. The van der Waals surface area contributed by atoms with Crippen LogP contribution < -0.4 is 4.72 Å². The first-order chi connectivity index (χ1) is 16.2. The number of ether oxygens (including phenoxy) is 1. The maximum Gasteiger partial charge on any atom is 0.216 e. The van der Waals surface area contributed by atoms with E-state index >= 15 is 0 Å². The van der Waals surface area contributed by atoms with Crippen molar-refractivity contribution in [3.63, 3.8) is 0 Å². The highest BCUT2D eigenvalue weighted by Gasteiger charge is 2.45. The average Bonchev–Trinajstić information content (AvgIpc) is 3.19. The predicted octanol–water partition coefficient (Wildman–Crippen LogP) is 4.77. The maximum atomic E-state index is 12.6. The summed E-state index contributed by atoms with van der Waals surface area (Å²) in [4.78, 5) is 5.64.